The molecule has 0 aromatic heterocycles. The van der Waals surface area contributed by atoms with Gasteiger partial charge in [-0.3, -0.25) is 0 Å². The molecule has 0 aliphatic rings. The normalized spacial score (nSPS) is 16.0. The Hall–Kier alpha value is -0.0800. The van der Waals surface area contributed by atoms with E-state index in [1.165, 1.54) is 19.3 Å². The molecular formula is C13H30N2. The molecule has 0 aromatic carbocycles. The van der Waals surface area contributed by atoms with Crippen molar-refractivity contribution in [2.75, 3.05) is 20.6 Å². The van der Waals surface area contributed by atoms with E-state index < -0.39 is 0 Å². The Labute approximate surface area is 96.4 Å². The summed E-state index contributed by atoms with van der Waals surface area (Å²) in [6, 6.07) is 1.35. The monoisotopic (exact) mass is 214 g/mol. The maximum Gasteiger partial charge on any atom is 0.0237 e. The number of nitrogens with zero attached hydrogens (tertiary/aromatic N) is 1. The van der Waals surface area contributed by atoms with Crippen LogP contribution >= 0.6 is 0 Å². The fourth-order valence-corrected chi connectivity index (χ4v) is 2.10. The van der Waals surface area contributed by atoms with Gasteiger partial charge in [0.15, 0.2) is 0 Å². The molecule has 0 amide bonds. The molecular weight excluding hydrogens is 184 g/mol. The van der Waals surface area contributed by atoms with E-state index in [1.807, 2.05) is 0 Å². The zero-order valence-corrected chi connectivity index (χ0v) is 11.5. The summed E-state index contributed by atoms with van der Waals surface area (Å²) in [5.41, 5.74) is 0. The van der Waals surface area contributed by atoms with Gasteiger partial charge in [-0.15, -0.1) is 0 Å². The Kier molecular flexibility index (Phi) is 8.07. The first-order valence-electron chi connectivity index (χ1n) is 6.42. The summed E-state index contributed by atoms with van der Waals surface area (Å²) in [4.78, 5) is 2.33. The molecule has 92 valence electrons. The van der Waals surface area contributed by atoms with Gasteiger partial charge in [-0.1, -0.05) is 34.1 Å². The molecule has 0 fully saturated rings. The average Bonchev–Trinajstić information content (AvgIpc) is 2.15. The molecule has 0 heterocycles. The second-order valence-electron chi connectivity index (χ2n) is 5.08. The quantitative estimate of drug-likeness (QED) is 0.668. The van der Waals surface area contributed by atoms with Gasteiger partial charge in [0.05, 0.1) is 0 Å². The molecule has 2 unspecified atom stereocenters. The van der Waals surface area contributed by atoms with Gasteiger partial charge in [0.1, 0.15) is 0 Å². The van der Waals surface area contributed by atoms with E-state index in [0.717, 1.165) is 6.54 Å². The first-order chi connectivity index (χ1) is 7.02. The molecule has 0 spiro atoms. The van der Waals surface area contributed by atoms with Gasteiger partial charge in [-0.2, -0.15) is 0 Å². The number of nitrogens with one attached hydrogen (secondary N) is 1. The Morgan fingerprint density at radius 3 is 2.07 bits per heavy atom. The molecule has 2 heteroatoms. The molecule has 0 aliphatic heterocycles. The minimum absolute atomic E-state index is 0.649. The first kappa shape index (κ1) is 14.9. The average molecular weight is 214 g/mol. The van der Waals surface area contributed by atoms with Crippen LogP contribution in [0.25, 0.3) is 0 Å². The summed E-state index contributed by atoms with van der Waals surface area (Å²) in [6.07, 6.45) is 3.82. The Balaban J connectivity index is 3.96. The summed E-state index contributed by atoms with van der Waals surface area (Å²) < 4.78 is 0. The van der Waals surface area contributed by atoms with E-state index in [1.54, 1.807) is 0 Å². The third-order valence-corrected chi connectivity index (χ3v) is 3.18. The van der Waals surface area contributed by atoms with Crippen LogP contribution in [-0.4, -0.2) is 37.6 Å². The van der Waals surface area contributed by atoms with Crippen molar-refractivity contribution in [1.29, 1.82) is 0 Å². The van der Waals surface area contributed by atoms with Crippen LogP contribution in [0.3, 0.4) is 0 Å². The van der Waals surface area contributed by atoms with Crippen molar-refractivity contribution in [1.82, 2.24) is 10.2 Å². The highest BCUT2D eigenvalue weighted by atomic mass is 15.1. The number of likely N-dealkylation sites (N-methyl/N-ethyl adjacent to an activating group) is 1. The molecule has 15 heavy (non-hydrogen) atoms. The molecule has 0 aromatic rings. The highest BCUT2D eigenvalue weighted by Crippen LogP contribution is 2.08. The predicted molar refractivity (Wildman–Crippen MR) is 69.3 cm³/mol. The van der Waals surface area contributed by atoms with Crippen LogP contribution in [0.2, 0.25) is 0 Å². The summed E-state index contributed by atoms with van der Waals surface area (Å²) in [5, 5.41) is 3.69. The largest absolute Gasteiger partial charge is 0.312 e. The van der Waals surface area contributed by atoms with Crippen LogP contribution in [0.1, 0.15) is 47.0 Å². The molecule has 1 N–H and O–H groups in total. The molecule has 0 aliphatic carbocycles. The fraction of sp³-hybridized carbons (Fsp3) is 1.00. The lowest BCUT2D eigenvalue weighted by Crippen LogP contribution is -2.44. The van der Waals surface area contributed by atoms with Crippen LogP contribution in [0.4, 0.5) is 0 Å². The maximum absolute atomic E-state index is 3.69. The predicted octanol–water partition coefficient (Wildman–Crippen LogP) is 2.74. The molecule has 0 saturated heterocycles. The van der Waals surface area contributed by atoms with Crippen LogP contribution < -0.4 is 5.32 Å². The molecule has 2 atom stereocenters. The minimum Gasteiger partial charge on any atom is -0.312 e. The van der Waals surface area contributed by atoms with Gasteiger partial charge in [-0.25, -0.2) is 0 Å². The lowest BCUT2D eigenvalue weighted by molar-refractivity contribution is 0.216. The third-order valence-electron chi connectivity index (χ3n) is 3.18. The van der Waals surface area contributed by atoms with E-state index in [2.05, 4.69) is 52.0 Å². The maximum atomic E-state index is 3.69. The van der Waals surface area contributed by atoms with Crippen LogP contribution in [-0.2, 0) is 0 Å². The van der Waals surface area contributed by atoms with Crippen molar-refractivity contribution in [3.05, 3.63) is 0 Å². The molecule has 0 bridgehead atoms. The third kappa shape index (κ3) is 6.16. The second-order valence-corrected chi connectivity index (χ2v) is 5.08. The highest BCUT2D eigenvalue weighted by Gasteiger charge is 2.16. The zero-order valence-electron chi connectivity index (χ0n) is 11.5. The van der Waals surface area contributed by atoms with Crippen LogP contribution in [0.15, 0.2) is 0 Å². The van der Waals surface area contributed by atoms with E-state index in [9.17, 15) is 0 Å². The molecule has 0 rings (SSSR count). The van der Waals surface area contributed by atoms with Crippen molar-refractivity contribution in [3.8, 4) is 0 Å². The molecule has 0 radical (unpaired) electrons. The van der Waals surface area contributed by atoms with E-state index >= 15 is 0 Å². The van der Waals surface area contributed by atoms with E-state index in [-0.39, 0.29) is 0 Å². The lowest BCUT2D eigenvalue weighted by Gasteiger charge is -2.30. The fourth-order valence-electron chi connectivity index (χ4n) is 2.10. The van der Waals surface area contributed by atoms with Gasteiger partial charge in [0.25, 0.3) is 0 Å². The standard InChI is InChI=1S/C13H30N2/c1-7-9-12(8-2)14-10-13(11(3)4)15(5)6/h11-14H,7-10H2,1-6H3. The van der Waals surface area contributed by atoms with Gasteiger partial charge >= 0.3 is 0 Å². The SMILES string of the molecule is CCCC(CC)NCC(C(C)C)N(C)C. The van der Waals surface area contributed by atoms with Crippen molar-refractivity contribution in [2.45, 2.75) is 59.0 Å². The Bertz CT molecular complexity index is 135. The summed E-state index contributed by atoms with van der Waals surface area (Å²) in [7, 11) is 4.35. The van der Waals surface area contributed by atoms with E-state index in [4.69, 9.17) is 0 Å². The number of rotatable bonds is 8. The topological polar surface area (TPSA) is 15.3 Å². The zero-order chi connectivity index (χ0) is 11.8. The van der Waals surface area contributed by atoms with Gasteiger partial charge in [0, 0.05) is 18.6 Å². The Morgan fingerprint density at radius 1 is 1.13 bits per heavy atom. The molecule has 0 saturated carbocycles. The van der Waals surface area contributed by atoms with Crippen molar-refractivity contribution in [3.63, 3.8) is 0 Å². The number of hydrogen-bond acceptors (Lipinski definition) is 2. The van der Waals surface area contributed by atoms with E-state index in [0.29, 0.717) is 18.0 Å². The highest BCUT2D eigenvalue weighted by molar-refractivity contribution is 4.75. The summed E-state index contributed by atoms with van der Waals surface area (Å²) in [5.74, 6) is 0.714. The summed E-state index contributed by atoms with van der Waals surface area (Å²) in [6.45, 7) is 10.2. The number of hydrogen-bond donors (Lipinski definition) is 1. The van der Waals surface area contributed by atoms with Crippen molar-refractivity contribution in [2.24, 2.45) is 5.92 Å². The van der Waals surface area contributed by atoms with Crippen LogP contribution in [0, 0.1) is 5.92 Å². The van der Waals surface area contributed by atoms with Crippen LogP contribution in [0.5, 0.6) is 0 Å². The summed E-state index contributed by atoms with van der Waals surface area (Å²) >= 11 is 0. The molecule has 2 nitrogen and oxygen atoms in total. The van der Waals surface area contributed by atoms with Crippen molar-refractivity contribution >= 4 is 0 Å². The second kappa shape index (κ2) is 8.12. The van der Waals surface area contributed by atoms with Gasteiger partial charge in [0.2, 0.25) is 0 Å². The first-order valence-corrected chi connectivity index (χ1v) is 6.42. The Morgan fingerprint density at radius 2 is 1.73 bits per heavy atom. The van der Waals surface area contributed by atoms with Gasteiger partial charge in [-0.05, 0) is 32.9 Å². The lowest BCUT2D eigenvalue weighted by atomic mass is 10.0. The van der Waals surface area contributed by atoms with Gasteiger partial charge < -0.3 is 10.2 Å². The van der Waals surface area contributed by atoms with Crippen molar-refractivity contribution < 1.29 is 0 Å². The smallest absolute Gasteiger partial charge is 0.0237 e. The minimum atomic E-state index is 0.649.